The van der Waals surface area contributed by atoms with Crippen molar-refractivity contribution in [2.24, 2.45) is 0 Å². The molecule has 4 aromatic carbocycles. The van der Waals surface area contributed by atoms with E-state index in [1.807, 2.05) is 54.6 Å². The molecule has 0 bridgehead atoms. The van der Waals surface area contributed by atoms with Gasteiger partial charge in [-0.25, -0.2) is 9.59 Å². The molecular formula is C26H17NO6. The van der Waals surface area contributed by atoms with Crippen molar-refractivity contribution < 1.29 is 29.4 Å². The quantitative estimate of drug-likeness (QED) is 0.359. The maximum atomic E-state index is 13.1. The van der Waals surface area contributed by atoms with E-state index in [1.54, 1.807) is 0 Å². The lowest BCUT2D eigenvalue weighted by molar-refractivity contribution is -0.141. The van der Waals surface area contributed by atoms with Crippen LogP contribution in [0.3, 0.4) is 0 Å². The van der Waals surface area contributed by atoms with Gasteiger partial charge < -0.3 is 10.2 Å². The number of hydrogen-bond acceptors (Lipinski definition) is 4. The molecule has 4 aromatic rings. The van der Waals surface area contributed by atoms with Gasteiger partial charge in [0.2, 0.25) is 0 Å². The molecule has 0 aliphatic carbocycles. The topological polar surface area (TPSA) is 112 Å². The van der Waals surface area contributed by atoms with Crippen LogP contribution in [0, 0.1) is 0 Å². The Morgan fingerprint density at radius 1 is 0.758 bits per heavy atom. The first-order valence-electron chi connectivity index (χ1n) is 10.2. The van der Waals surface area contributed by atoms with Crippen molar-refractivity contribution in [2.45, 2.75) is 12.5 Å². The fourth-order valence-electron chi connectivity index (χ4n) is 4.49. The maximum Gasteiger partial charge on any atom is 0.335 e. The van der Waals surface area contributed by atoms with Gasteiger partial charge in [-0.15, -0.1) is 0 Å². The smallest absolute Gasteiger partial charge is 0.335 e. The van der Waals surface area contributed by atoms with Crippen molar-refractivity contribution in [1.82, 2.24) is 4.90 Å². The van der Waals surface area contributed by atoms with Gasteiger partial charge in [-0.1, -0.05) is 48.5 Å². The molecule has 5 rings (SSSR count). The highest BCUT2D eigenvalue weighted by atomic mass is 16.4. The number of amides is 2. The van der Waals surface area contributed by atoms with Crippen molar-refractivity contribution in [3.63, 3.8) is 0 Å². The third kappa shape index (κ3) is 3.22. The van der Waals surface area contributed by atoms with Crippen LogP contribution in [0.1, 0.15) is 36.6 Å². The molecule has 1 atom stereocenters. The summed E-state index contributed by atoms with van der Waals surface area (Å²) in [7, 11) is 0. The lowest BCUT2D eigenvalue weighted by Gasteiger charge is -2.24. The zero-order valence-corrected chi connectivity index (χ0v) is 17.2. The van der Waals surface area contributed by atoms with Gasteiger partial charge in [-0.05, 0) is 51.4 Å². The van der Waals surface area contributed by atoms with Gasteiger partial charge >= 0.3 is 11.9 Å². The second kappa shape index (κ2) is 7.56. The Kier molecular flexibility index (Phi) is 4.67. The number of imide groups is 1. The molecule has 0 saturated carbocycles. The summed E-state index contributed by atoms with van der Waals surface area (Å²) < 4.78 is 0. The first kappa shape index (κ1) is 20.4. The number of carboxylic acid groups (broad SMARTS) is 2. The van der Waals surface area contributed by atoms with E-state index in [0.717, 1.165) is 38.1 Å². The van der Waals surface area contributed by atoms with Gasteiger partial charge in [-0.3, -0.25) is 14.5 Å². The lowest BCUT2D eigenvalue weighted by Crippen LogP contribution is -2.46. The van der Waals surface area contributed by atoms with E-state index in [4.69, 9.17) is 0 Å². The number of aliphatic carboxylic acids is 1. The van der Waals surface area contributed by atoms with Crippen LogP contribution in [-0.2, 0) is 11.2 Å². The Labute approximate surface area is 187 Å². The summed E-state index contributed by atoms with van der Waals surface area (Å²) in [4.78, 5) is 50.5. The van der Waals surface area contributed by atoms with Crippen LogP contribution in [0.5, 0.6) is 0 Å². The van der Waals surface area contributed by atoms with E-state index >= 15 is 0 Å². The Balaban J connectivity index is 1.63. The molecule has 1 aliphatic heterocycles. The van der Waals surface area contributed by atoms with E-state index in [9.17, 15) is 29.4 Å². The minimum atomic E-state index is -1.46. The van der Waals surface area contributed by atoms with Gasteiger partial charge in [-0.2, -0.15) is 0 Å². The molecule has 2 amide bonds. The molecule has 0 radical (unpaired) electrons. The minimum Gasteiger partial charge on any atom is -0.480 e. The summed E-state index contributed by atoms with van der Waals surface area (Å²) in [6.45, 7) is 0. The predicted octanol–water partition coefficient (Wildman–Crippen LogP) is 3.98. The van der Waals surface area contributed by atoms with Crippen molar-refractivity contribution in [3.8, 4) is 0 Å². The monoisotopic (exact) mass is 439 g/mol. The zero-order chi connectivity index (χ0) is 23.3. The first-order valence-corrected chi connectivity index (χ1v) is 10.2. The number of aromatic carboxylic acids is 1. The van der Waals surface area contributed by atoms with E-state index in [0.29, 0.717) is 0 Å². The van der Waals surface area contributed by atoms with Crippen molar-refractivity contribution in [2.75, 3.05) is 0 Å². The van der Waals surface area contributed by atoms with Crippen molar-refractivity contribution in [1.29, 1.82) is 0 Å². The van der Waals surface area contributed by atoms with Crippen molar-refractivity contribution >= 4 is 45.3 Å². The standard InChI is InChI=1S/C26H17NO6/c28-23-19-10-9-16(25(30)31)12-21(19)24(29)27(23)22(26(32)33)13-20-17-7-3-1-5-14(17)11-15-6-2-4-8-18(15)20/h1-12,22H,13H2,(H,30,31)(H,32,33)/t22-/m1/s1. The highest BCUT2D eigenvalue weighted by Gasteiger charge is 2.43. The predicted molar refractivity (Wildman–Crippen MR) is 120 cm³/mol. The minimum absolute atomic E-state index is 0.000900. The number of fused-ring (bicyclic) bond motifs is 3. The second-order valence-corrected chi connectivity index (χ2v) is 7.90. The fourth-order valence-corrected chi connectivity index (χ4v) is 4.49. The summed E-state index contributed by atoms with van der Waals surface area (Å²) in [5.74, 6) is -4.12. The number of rotatable bonds is 5. The summed E-state index contributed by atoms with van der Waals surface area (Å²) >= 11 is 0. The molecule has 0 spiro atoms. The van der Waals surface area contributed by atoms with Crippen LogP contribution in [0.4, 0.5) is 0 Å². The summed E-state index contributed by atoms with van der Waals surface area (Å²) in [5, 5.41) is 22.8. The maximum absolute atomic E-state index is 13.1. The van der Waals surface area contributed by atoms with Gasteiger partial charge in [0.1, 0.15) is 6.04 Å². The molecule has 0 fully saturated rings. The van der Waals surface area contributed by atoms with Gasteiger partial charge in [0, 0.05) is 6.42 Å². The van der Waals surface area contributed by atoms with E-state index in [-0.39, 0.29) is 23.1 Å². The van der Waals surface area contributed by atoms with Crippen LogP contribution >= 0.6 is 0 Å². The third-order valence-corrected chi connectivity index (χ3v) is 6.04. The number of carbonyl (C=O) groups excluding carboxylic acids is 2. The molecular weight excluding hydrogens is 422 g/mol. The van der Waals surface area contributed by atoms with Crippen LogP contribution < -0.4 is 0 Å². The third-order valence-electron chi connectivity index (χ3n) is 6.04. The largest absolute Gasteiger partial charge is 0.480 e. The molecule has 0 unspecified atom stereocenters. The van der Waals surface area contributed by atoms with E-state index in [2.05, 4.69) is 0 Å². The molecule has 1 heterocycles. The Bertz CT molecular complexity index is 1450. The fraction of sp³-hybridized carbons (Fsp3) is 0.0769. The molecule has 0 saturated heterocycles. The van der Waals surface area contributed by atoms with E-state index < -0.39 is 29.8 Å². The number of carboxylic acids is 2. The van der Waals surface area contributed by atoms with Gasteiger partial charge in [0.25, 0.3) is 11.8 Å². The molecule has 162 valence electrons. The SMILES string of the molecule is O=C(O)c1ccc2c(c1)C(=O)N([C@H](Cc1c3ccccc3cc3ccccc13)C(=O)O)C2=O. The number of nitrogens with zero attached hydrogens (tertiary/aromatic N) is 1. The first-order chi connectivity index (χ1) is 15.9. The van der Waals surface area contributed by atoms with Crippen LogP contribution in [0.25, 0.3) is 21.5 Å². The summed E-state index contributed by atoms with van der Waals surface area (Å²) in [6, 6.07) is 19.3. The average molecular weight is 439 g/mol. The van der Waals surface area contributed by atoms with Crippen LogP contribution in [0.2, 0.25) is 0 Å². The molecule has 7 heteroatoms. The average Bonchev–Trinajstić information content (AvgIpc) is 3.06. The molecule has 0 aromatic heterocycles. The number of benzene rings is 4. The van der Waals surface area contributed by atoms with Crippen LogP contribution in [-0.4, -0.2) is 44.9 Å². The summed E-state index contributed by atoms with van der Waals surface area (Å²) in [6.07, 6.45) is -0.0888. The normalized spacial score (nSPS) is 14.0. The Hall–Kier alpha value is -4.52. The van der Waals surface area contributed by atoms with E-state index in [1.165, 1.54) is 12.1 Å². The lowest BCUT2D eigenvalue weighted by atomic mass is 9.92. The second-order valence-electron chi connectivity index (χ2n) is 7.90. The van der Waals surface area contributed by atoms with Crippen LogP contribution in [0.15, 0.2) is 72.8 Å². The summed E-state index contributed by atoms with van der Waals surface area (Å²) in [5.41, 5.74) is 0.468. The van der Waals surface area contributed by atoms with Gasteiger partial charge in [0.15, 0.2) is 0 Å². The molecule has 33 heavy (non-hydrogen) atoms. The number of hydrogen-bond donors (Lipinski definition) is 2. The Morgan fingerprint density at radius 2 is 1.33 bits per heavy atom. The number of carbonyl (C=O) groups is 4. The molecule has 1 aliphatic rings. The molecule has 7 nitrogen and oxygen atoms in total. The van der Waals surface area contributed by atoms with Crippen molar-refractivity contribution in [3.05, 3.63) is 95.1 Å². The zero-order valence-electron chi connectivity index (χ0n) is 17.2. The molecule has 2 N–H and O–H groups in total. The Morgan fingerprint density at radius 3 is 1.91 bits per heavy atom. The van der Waals surface area contributed by atoms with Gasteiger partial charge in [0.05, 0.1) is 16.7 Å². The highest BCUT2D eigenvalue weighted by Crippen LogP contribution is 2.32. The highest BCUT2D eigenvalue weighted by molar-refractivity contribution is 6.23.